The number of unbranched alkanes of at least 4 members (excludes halogenated alkanes) is 1. The molecular formula is C31H38FN7O6. The monoisotopic (exact) mass is 623 g/mol. The summed E-state index contributed by atoms with van der Waals surface area (Å²) in [6.45, 7) is 1.41. The van der Waals surface area contributed by atoms with Gasteiger partial charge in [-0.2, -0.15) is 0 Å². The average Bonchev–Trinajstić information content (AvgIpc) is 3.47. The summed E-state index contributed by atoms with van der Waals surface area (Å²) in [5.74, 6) is -2.23. The van der Waals surface area contributed by atoms with E-state index in [1.807, 2.05) is 30.3 Å². The zero-order valence-electron chi connectivity index (χ0n) is 24.9. The zero-order chi connectivity index (χ0) is 31.9. The summed E-state index contributed by atoms with van der Waals surface area (Å²) >= 11 is 0. The second-order valence-electron chi connectivity index (χ2n) is 10.5. The van der Waals surface area contributed by atoms with Gasteiger partial charge < -0.3 is 30.7 Å². The maximum Gasteiger partial charge on any atom is 0.251 e. The molecule has 2 heterocycles. The first-order valence-corrected chi connectivity index (χ1v) is 14.9. The number of carbonyl (C=O) groups excluding carboxylic acids is 4. The number of hydrogen-bond acceptors (Lipinski definition) is 8. The normalized spacial score (nSPS) is 18.6. The fraction of sp³-hybridized carbons (Fsp3) is 0.419. The average molecular weight is 624 g/mol. The van der Waals surface area contributed by atoms with Crippen LogP contribution in [0.2, 0.25) is 0 Å². The summed E-state index contributed by atoms with van der Waals surface area (Å²) in [5.41, 5.74) is 1.87. The third-order valence-electron chi connectivity index (χ3n) is 6.93. The van der Waals surface area contributed by atoms with Gasteiger partial charge in [-0.15, -0.1) is 5.10 Å². The fourth-order valence-corrected chi connectivity index (χ4v) is 4.61. The lowest BCUT2D eigenvalue weighted by Crippen LogP contribution is -2.55. The Morgan fingerprint density at radius 1 is 0.933 bits per heavy atom. The van der Waals surface area contributed by atoms with Gasteiger partial charge in [0.2, 0.25) is 17.7 Å². The minimum Gasteiger partial charge on any atom is -0.377 e. The third-order valence-corrected chi connectivity index (χ3v) is 6.93. The van der Waals surface area contributed by atoms with Crippen LogP contribution >= 0.6 is 0 Å². The Balaban J connectivity index is 1.38. The molecule has 45 heavy (non-hydrogen) atoms. The number of amides is 4. The summed E-state index contributed by atoms with van der Waals surface area (Å²) in [5, 5.41) is 19.4. The first-order valence-electron chi connectivity index (χ1n) is 14.9. The highest BCUT2D eigenvalue weighted by molar-refractivity contribution is 5.94. The van der Waals surface area contributed by atoms with E-state index in [0.717, 1.165) is 5.56 Å². The van der Waals surface area contributed by atoms with E-state index >= 15 is 0 Å². The molecule has 4 rings (SSSR count). The maximum atomic E-state index is 13.5. The Morgan fingerprint density at radius 2 is 1.71 bits per heavy atom. The van der Waals surface area contributed by atoms with Gasteiger partial charge in [-0.1, -0.05) is 35.5 Å². The van der Waals surface area contributed by atoms with Crippen LogP contribution in [0.4, 0.5) is 4.39 Å². The van der Waals surface area contributed by atoms with Crippen molar-refractivity contribution in [2.45, 2.75) is 44.3 Å². The SMILES string of the molecule is O=C1COCCOCCNC(=O)[C@@H](Cc2cn(Cc3ccccc3)nn2)NC(=O)[C@H](CCCCNC(=O)c2ccc(F)cc2)N1. The molecule has 4 amide bonds. The highest BCUT2D eigenvalue weighted by Gasteiger charge is 2.28. The molecule has 1 fully saturated rings. The highest BCUT2D eigenvalue weighted by atomic mass is 19.1. The van der Waals surface area contributed by atoms with E-state index in [1.165, 1.54) is 24.3 Å². The Labute approximate surface area is 260 Å². The molecule has 0 saturated carbocycles. The molecule has 13 nitrogen and oxygen atoms in total. The minimum atomic E-state index is -0.991. The van der Waals surface area contributed by atoms with Crippen LogP contribution in [0.1, 0.15) is 40.9 Å². The summed E-state index contributed by atoms with van der Waals surface area (Å²) < 4.78 is 25.6. The van der Waals surface area contributed by atoms with Crippen LogP contribution < -0.4 is 21.3 Å². The second-order valence-corrected chi connectivity index (χ2v) is 10.5. The summed E-state index contributed by atoms with van der Waals surface area (Å²) in [4.78, 5) is 51.5. The number of hydrogen-bond donors (Lipinski definition) is 4. The number of nitrogens with zero attached hydrogens (tertiary/aromatic N) is 3. The standard InChI is InChI=1S/C31H38FN7O6/c32-24-11-9-23(10-12-24)29(41)33-13-5-4-8-26-31(43)36-27(30(42)34-14-15-44-16-17-45-21-28(40)35-26)18-25-20-39(38-37-25)19-22-6-2-1-3-7-22/h1-3,6-7,9-12,20,26-27H,4-5,8,13-19,21H2,(H,33,41)(H,34,42)(H,35,40)(H,36,43)/t26-,27+/m0/s1. The maximum absolute atomic E-state index is 13.5. The first kappa shape index (κ1) is 33.2. The molecule has 3 aromatic rings. The van der Waals surface area contributed by atoms with Crippen molar-refractivity contribution < 1.29 is 33.0 Å². The summed E-state index contributed by atoms with van der Waals surface area (Å²) in [6, 6.07) is 13.0. The Bertz CT molecular complexity index is 1400. The third kappa shape index (κ3) is 11.4. The fourth-order valence-electron chi connectivity index (χ4n) is 4.61. The number of ether oxygens (including phenoxy) is 2. The van der Waals surface area contributed by atoms with Crippen LogP contribution in [0.15, 0.2) is 60.8 Å². The molecular weight excluding hydrogens is 585 g/mol. The zero-order valence-corrected chi connectivity index (χ0v) is 24.9. The quantitative estimate of drug-likeness (QED) is 0.240. The first-order chi connectivity index (χ1) is 21.9. The lowest BCUT2D eigenvalue weighted by molar-refractivity contribution is -0.133. The molecule has 2 aromatic carbocycles. The number of nitrogens with one attached hydrogen (secondary N) is 4. The van der Waals surface area contributed by atoms with Gasteiger partial charge in [0.25, 0.3) is 5.91 Å². The van der Waals surface area contributed by atoms with E-state index in [-0.39, 0.29) is 51.7 Å². The predicted octanol–water partition coefficient (Wildman–Crippen LogP) is 0.741. The summed E-state index contributed by atoms with van der Waals surface area (Å²) in [6.07, 6.45) is 3.03. The smallest absolute Gasteiger partial charge is 0.251 e. The van der Waals surface area contributed by atoms with Crippen molar-refractivity contribution in [2.24, 2.45) is 0 Å². The van der Waals surface area contributed by atoms with Crippen LogP contribution in [0.3, 0.4) is 0 Å². The molecule has 14 heteroatoms. The Morgan fingerprint density at radius 3 is 2.51 bits per heavy atom. The van der Waals surface area contributed by atoms with E-state index in [4.69, 9.17) is 9.47 Å². The van der Waals surface area contributed by atoms with E-state index in [1.54, 1.807) is 10.9 Å². The highest BCUT2D eigenvalue weighted by Crippen LogP contribution is 2.08. The summed E-state index contributed by atoms with van der Waals surface area (Å²) in [7, 11) is 0. The van der Waals surface area contributed by atoms with E-state index < -0.39 is 35.6 Å². The van der Waals surface area contributed by atoms with Gasteiger partial charge in [0.05, 0.1) is 32.1 Å². The van der Waals surface area contributed by atoms with Gasteiger partial charge in [-0.3, -0.25) is 19.2 Å². The van der Waals surface area contributed by atoms with Gasteiger partial charge in [-0.25, -0.2) is 9.07 Å². The lowest BCUT2D eigenvalue weighted by atomic mass is 10.1. The second kappa shape index (κ2) is 17.6. The van der Waals surface area contributed by atoms with Crippen LogP contribution in [-0.4, -0.2) is 90.2 Å². The number of benzene rings is 2. The number of carbonyl (C=O) groups is 4. The van der Waals surface area contributed by atoms with Crippen molar-refractivity contribution in [3.63, 3.8) is 0 Å². The van der Waals surface area contributed by atoms with Crippen LogP contribution in [-0.2, 0) is 36.8 Å². The molecule has 240 valence electrons. The van der Waals surface area contributed by atoms with Crippen molar-refractivity contribution in [2.75, 3.05) is 39.5 Å². The Kier molecular flexibility index (Phi) is 13.0. The van der Waals surface area contributed by atoms with Crippen molar-refractivity contribution in [1.29, 1.82) is 0 Å². The molecule has 1 aliphatic rings. The largest absolute Gasteiger partial charge is 0.377 e. The molecule has 4 N–H and O–H groups in total. The topological polar surface area (TPSA) is 166 Å². The van der Waals surface area contributed by atoms with Gasteiger partial charge in [0, 0.05) is 31.3 Å². The van der Waals surface area contributed by atoms with Gasteiger partial charge in [0.1, 0.15) is 24.5 Å². The molecule has 1 aromatic heterocycles. The molecule has 0 spiro atoms. The van der Waals surface area contributed by atoms with Crippen molar-refractivity contribution in [3.8, 4) is 0 Å². The number of halogens is 1. The molecule has 1 aliphatic heterocycles. The van der Waals surface area contributed by atoms with E-state index in [0.29, 0.717) is 37.2 Å². The van der Waals surface area contributed by atoms with Crippen LogP contribution in [0.25, 0.3) is 0 Å². The predicted molar refractivity (Wildman–Crippen MR) is 160 cm³/mol. The molecule has 0 radical (unpaired) electrons. The van der Waals surface area contributed by atoms with Gasteiger partial charge in [0.15, 0.2) is 0 Å². The molecule has 0 bridgehead atoms. The van der Waals surface area contributed by atoms with Crippen LogP contribution in [0, 0.1) is 5.82 Å². The van der Waals surface area contributed by atoms with Gasteiger partial charge in [-0.05, 0) is 49.1 Å². The molecule has 0 unspecified atom stereocenters. The van der Waals surface area contributed by atoms with Gasteiger partial charge >= 0.3 is 0 Å². The van der Waals surface area contributed by atoms with Crippen LogP contribution in [0.5, 0.6) is 0 Å². The van der Waals surface area contributed by atoms with Crippen molar-refractivity contribution in [1.82, 2.24) is 36.3 Å². The Hall–Kier alpha value is -4.69. The van der Waals surface area contributed by atoms with E-state index in [2.05, 4.69) is 31.6 Å². The lowest BCUT2D eigenvalue weighted by Gasteiger charge is -2.23. The molecule has 2 atom stereocenters. The van der Waals surface area contributed by atoms with Crippen molar-refractivity contribution >= 4 is 23.6 Å². The van der Waals surface area contributed by atoms with E-state index in [9.17, 15) is 23.6 Å². The minimum absolute atomic E-state index is 0.0758. The number of rotatable bonds is 10. The molecule has 1 saturated heterocycles. The molecule has 0 aliphatic carbocycles. The van der Waals surface area contributed by atoms with Crippen molar-refractivity contribution in [3.05, 3.63) is 83.4 Å². The number of aromatic nitrogens is 3.